The Balaban J connectivity index is 0.974. The maximum atomic E-state index is 14.1. The van der Waals surface area contributed by atoms with Crippen LogP contribution in [0.15, 0.2) is 103 Å². The van der Waals surface area contributed by atoms with Gasteiger partial charge >= 0.3 is 5.97 Å². The van der Waals surface area contributed by atoms with Gasteiger partial charge in [-0.05, 0) is 94.8 Å². The number of amides is 3. The lowest BCUT2D eigenvalue weighted by Crippen LogP contribution is -2.57. The van der Waals surface area contributed by atoms with Crippen molar-refractivity contribution in [1.82, 2.24) is 10.2 Å². The van der Waals surface area contributed by atoms with Crippen LogP contribution in [0.4, 0.5) is 5.69 Å². The molecule has 304 valence electrons. The smallest absolute Gasteiger partial charge is 0.326 e. The predicted molar refractivity (Wildman–Crippen MR) is 223 cm³/mol. The first-order valence-electron chi connectivity index (χ1n) is 19.4. The molecule has 60 heavy (non-hydrogen) atoms. The normalized spacial score (nSPS) is 18.5. The van der Waals surface area contributed by atoms with Gasteiger partial charge < -0.3 is 34.9 Å². The Hall–Kier alpha value is -6.39. The number of anilines is 1. The van der Waals surface area contributed by atoms with Gasteiger partial charge in [0.15, 0.2) is 0 Å². The van der Waals surface area contributed by atoms with Gasteiger partial charge in [0, 0.05) is 31.6 Å². The summed E-state index contributed by atoms with van der Waals surface area (Å²) in [6.07, 6.45) is -0.402. The maximum absolute atomic E-state index is 14.1. The van der Waals surface area contributed by atoms with Crippen LogP contribution in [0.25, 0.3) is 11.1 Å². The molecule has 3 N–H and O–H groups in total. The summed E-state index contributed by atoms with van der Waals surface area (Å²) < 4.78 is 17.9. The van der Waals surface area contributed by atoms with E-state index in [1.165, 1.54) is 4.90 Å². The Labute approximate surface area is 355 Å². The summed E-state index contributed by atoms with van der Waals surface area (Å²) in [5.74, 6) is -1.59. The molecule has 5 aromatic rings. The van der Waals surface area contributed by atoms with E-state index < -0.39 is 36.2 Å². The van der Waals surface area contributed by atoms with Gasteiger partial charge in [-0.25, -0.2) is 4.79 Å². The highest BCUT2D eigenvalue weighted by molar-refractivity contribution is 6.42. The third-order valence-electron chi connectivity index (χ3n) is 10.9. The summed E-state index contributed by atoms with van der Waals surface area (Å²) in [5.41, 5.74) is 6.32. The SMILES string of the molecule is N#Cc1ccc(-c2ccc(C[C@H](NC(=O)C3Cc4cc5c(cc4CN3C(=O)C3CCCO3)OC(c3ccc(OCc4ccc(Cl)c(Cl)c4)cc3)C(=O)N5)C(=O)O)cc2)cc1. The zero-order valence-electron chi connectivity index (χ0n) is 32.0. The average molecular weight is 846 g/mol. The number of nitriles is 1. The summed E-state index contributed by atoms with van der Waals surface area (Å²) in [6.45, 7) is 0.734. The number of carbonyl (C=O) groups excluding carboxylic acids is 3. The third-order valence-corrected chi connectivity index (χ3v) is 11.6. The molecule has 3 amide bonds. The highest BCUT2D eigenvalue weighted by atomic mass is 35.5. The molecule has 0 radical (unpaired) electrons. The van der Waals surface area contributed by atoms with Crippen molar-refractivity contribution in [2.75, 3.05) is 11.9 Å². The number of carboxylic acid groups (broad SMARTS) is 1. The Kier molecular flexibility index (Phi) is 11.7. The van der Waals surface area contributed by atoms with Crippen LogP contribution in [-0.4, -0.2) is 58.5 Å². The molecule has 1 fully saturated rings. The van der Waals surface area contributed by atoms with E-state index in [1.54, 1.807) is 72.8 Å². The minimum atomic E-state index is -1.28. The molecule has 0 spiro atoms. The number of aliphatic carboxylic acids is 1. The highest BCUT2D eigenvalue weighted by Crippen LogP contribution is 2.40. The fourth-order valence-corrected chi connectivity index (χ4v) is 7.96. The highest BCUT2D eigenvalue weighted by Gasteiger charge is 2.41. The molecule has 3 heterocycles. The molecule has 8 rings (SSSR count). The molecule has 0 aliphatic carbocycles. The second-order valence-electron chi connectivity index (χ2n) is 14.9. The van der Waals surface area contributed by atoms with Gasteiger partial charge in [-0.1, -0.05) is 77.8 Å². The van der Waals surface area contributed by atoms with Crippen molar-refractivity contribution in [3.8, 4) is 28.7 Å². The van der Waals surface area contributed by atoms with Crippen molar-refractivity contribution in [3.05, 3.63) is 147 Å². The number of carbonyl (C=O) groups is 4. The fourth-order valence-electron chi connectivity index (χ4n) is 7.64. The lowest BCUT2D eigenvalue weighted by atomic mass is 9.91. The molecular formula is C46H38Cl2N4O8. The minimum absolute atomic E-state index is 0.00421. The Morgan fingerprint density at radius 1 is 0.917 bits per heavy atom. The summed E-state index contributed by atoms with van der Waals surface area (Å²) >= 11 is 12.1. The number of carboxylic acids is 1. The van der Waals surface area contributed by atoms with E-state index in [1.807, 2.05) is 30.3 Å². The molecule has 0 aromatic heterocycles. The van der Waals surface area contributed by atoms with Gasteiger partial charge in [0.2, 0.25) is 12.0 Å². The molecule has 14 heteroatoms. The predicted octanol–water partition coefficient (Wildman–Crippen LogP) is 7.43. The van der Waals surface area contributed by atoms with Crippen LogP contribution in [0.2, 0.25) is 10.0 Å². The Morgan fingerprint density at radius 3 is 2.30 bits per heavy atom. The number of benzene rings is 5. The van der Waals surface area contributed by atoms with E-state index in [4.69, 9.17) is 42.7 Å². The number of halogens is 2. The summed E-state index contributed by atoms with van der Waals surface area (Å²) in [7, 11) is 0. The zero-order valence-corrected chi connectivity index (χ0v) is 33.5. The Bertz CT molecular complexity index is 2500. The third kappa shape index (κ3) is 8.79. The van der Waals surface area contributed by atoms with E-state index >= 15 is 0 Å². The van der Waals surface area contributed by atoms with Crippen molar-refractivity contribution >= 4 is 52.6 Å². The number of nitrogens with one attached hydrogen (secondary N) is 2. The van der Waals surface area contributed by atoms with Crippen molar-refractivity contribution < 1.29 is 38.5 Å². The van der Waals surface area contributed by atoms with Gasteiger partial charge in [0.25, 0.3) is 11.8 Å². The van der Waals surface area contributed by atoms with Crippen LogP contribution in [0.3, 0.4) is 0 Å². The van der Waals surface area contributed by atoms with Gasteiger partial charge in [0.1, 0.15) is 36.3 Å². The van der Waals surface area contributed by atoms with E-state index in [-0.39, 0.29) is 37.8 Å². The Morgan fingerprint density at radius 2 is 1.63 bits per heavy atom. The molecule has 3 aliphatic rings. The number of nitrogens with zero attached hydrogens (tertiary/aromatic N) is 2. The lowest BCUT2D eigenvalue weighted by molar-refractivity contribution is -0.150. The molecule has 5 aromatic carbocycles. The van der Waals surface area contributed by atoms with Gasteiger partial charge in [0.05, 0.1) is 27.4 Å². The van der Waals surface area contributed by atoms with E-state index in [2.05, 4.69) is 16.7 Å². The molecule has 4 atom stereocenters. The first-order chi connectivity index (χ1) is 29.0. The molecule has 3 unspecified atom stereocenters. The topological polar surface area (TPSA) is 167 Å². The molecular weight excluding hydrogens is 807 g/mol. The average Bonchev–Trinajstić information content (AvgIpc) is 3.81. The van der Waals surface area contributed by atoms with Crippen LogP contribution < -0.4 is 20.1 Å². The van der Waals surface area contributed by atoms with Gasteiger partial charge in [-0.2, -0.15) is 5.26 Å². The maximum Gasteiger partial charge on any atom is 0.326 e. The molecule has 0 bridgehead atoms. The van der Waals surface area contributed by atoms with Gasteiger partial charge in [-0.15, -0.1) is 0 Å². The van der Waals surface area contributed by atoms with Crippen molar-refractivity contribution in [2.45, 2.75) is 63.1 Å². The van der Waals surface area contributed by atoms with E-state index in [0.717, 1.165) is 22.3 Å². The largest absolute Gasteiger partial charge is 0.489 e. The van der Waals surface area contributed by atoms with Crippen LogP contribution in [0, 0.1) is 11.3 Å². The quantitative estimate of drug-likeness (QED) is 0.123. The fraction of sp³-hybridized carbons (Fsp3) is 0.239. The number of hydrogen-bond donors (Lipinski definition) is 3. The first-order valence-corrected chi connectivity index (χ1v) is 20.1. The summed E-state index contributed by atoms with van der Waals surface area (Å²) in [4.78, 5) is 55.4. The van der Waals surface area contributed by atoms with Crippen LogP contribution in [-0.2, 0) is 49.9 Å². The summed E-state index contributed by atoms with van der Waals surface area (Å²) in [6, 6.07) is 30.0. The number of ether oxygens (including phenoxy) is 3. The number of fused-ring (bicyclic) bond motifs is 2. The van der Waals surface area contributed by atoms with Gasteiger partial charge in [-0.3, -0.25) is 14.4 Å². The second kappa shape index (κ2) is 17.5. The van der Waals surface area contributed by atoms with E-state index in [0.29, 0.717) is 68.9 Å². The molecule has 12 nitrogen and oxygen atoms in total. The number of hydrogen-bond acceptors (Lipinski definition) is 8. The molecule has 0 saturated carbocycles. The second-order valence-corrected chi connectivity index (χ2v) is 15.7. The first kappa shape index (κ1) is 40.4. The van der Waals surface area contributed by atoms with Crippen LogP contribution >= 0.6 is 23.2 Å². The minimum Gasteiger partial charge on any atom is -0.489 e. The van der Waals surface area contributed by atoms with Crippen molar-refractivity contribution in [2.24, 2.45) is 0 Å². The van der Waals surface area contributed by atoms with Crippen molar-refractivity contribution in [3.63, 3.8) is 0 Å². The van der Waals surface area contributed by atoms with Crippen LogP contribution in [0.5, 0.6) is 11.5 Å². The molecule has 3 aliphatic heterocycles. The zero-order chi connectivity index (χ0) is 41.9. The van der Waals surface area contributed by atoms with Crippen LogP contribution in [0.1, 0.15) is 52.3 Å². The van der Waals surface area contributed by atoms with E-state index in [9.17, 15) is 24.3 Å². The molecule has 1 saturated heterocycles. The summed E-state index contributed by atoms with van der Waals surface area (Å²) in [5, 5.41) is 25.8. The lowest BCUT2D eigenvalue weighted by Gasteiger charge is -2.38. The van der Waals surface area contributed by atoms with Crippen molar-refractivity contribution in [1.29, 1.82) is 5.26 Å². The monoisotopic (exact) mass is 844 g/mol. The number of rotatable bonds is 11. The standard InChI is InChI=1S/C46H38Cl2N4O8/c47-35-16-7-28(18-36(35)48)25-59-34-14-12-31(13-15-34)42-44(54)50-37-20-32-21-39(52(24-33(32)22-41(37)60-42)45(55)40-2-1-17-58-40)43(53)51-38(46(56)57)19-26-3-8-29(9-4-26)30-10-5-27(23-49)6-11-30/h3-16,18,20,22,38-40,42H,1-2,17,19,21,24-25H2,(H,50,54)(H,51,53)(H,56,57)/t38-,39?,40?,42?/m0/s1.